The number of ether oxygens (including phenoxy) is 1. The molecule has 2 aromatic carbocycles. The van der Waals surface area contributed by atoms with Crippen molar-refractivity contribution in [1.82, 2.24) is 10.1 Å². The fourth-order valence-corrected chi connectivity index (χ4v) is 2.19. The maximum atomic E-state index is 11.1. The van der Waals surface area contributed by atoms with Crippen LogP contribution in [0.25, 0.3) is 22.8 Å². The van der Waals surface area contributed by atoms with Crippen LogP contribution in [0.4, 0.5) is 5.69 Å². The summed E-state index contributed by atoms with van der Waals surface area (Å²) >= 11 is 5.80. The minimum atomic E-state index is -0.543. The van der Waals surface area contributed by atoms with E-state index in [1.165, 1.54) is 18.2 Å². The Morgan fingerprint density at radius 1 is 1.22 bits per heavy atom. The fourth-order valence-electron chi connectivity index (χ4n) is 2.03. The largest absolute Gasteiger partial charge is 0.497 e. The SMILES string of the molecule is COc1ccc(-c2noc(-c3ccc(Cl)cc3[N+](=O)[O-])n2)cc1. The van der Waals surface area contributed by atoms with Crippen molar-refractivity contribution < 1.29 is 14.2 Å². The highest BCUT2D eigenvalue weighted by molar-refractivity contribution is 6.30. The van der Waals surface area contributed by atoms with Crippen molar-refractivity contribution >= 4 is 17.3 Å². The van der Waals surface area contributed by atoms with Crippen LogP contribution in [0, 0.1) is 10.1 Å². The van der Waals surface area contributed by atoms with Gasteiger partial charge < -0.3 is 9.26 Å². The zero-order valence-corrected chi connectivity index (χ0v) is 12.6. The van der Waals surface area contributed by atoms with Gasteiger partial charge in [0, 0.05) is 16.7 Å². The van der Waals surface area contributed by atoms with Crippen molar-refractivity contribution in [2.45, 2.75) is 0 Å². The summed E-state index contributed by atoms with van der Waals surface area (Å²) in [6, 6.07) is 11.3. The average molecular weight is 332 g/mol. The summed E-state index contributed by atoms with van der Waals surface area (Å²) in [4.78, 5) is 14.8. The van der Waals surface area contributed by atoms with Gasteiger partial charge in [-0.15, -0.1) is 0 Å². The Hall–Kier alpha value is -2.93. The number of halogens is 1. The van der Waals surface area contributed by atoms with E-state index in [2.05, 4.69) is 10.1 Å². The second kappa shape index (κ2) is 6.05. The van der Waals surface area contributed by atoms with Crippen LogP contribution in [-0.2, 0) is 0 Å². The van der Waals surface area contributed by atoms with Crippen molar-refractivity contribution in [1.29, 1.82) is 0 Å². The summed E-state index contributed by atoms with van der Waals surface area (Å²) in [7, 11) is 1.57. The van der Waals surface area contributed by atoms with Crippen LogP contribution in [0.5, 0.6) is 5.75 Å². The Morgan fingerprint density at radius 3 is 2.61 bits per heavy atom. The van der Waals surface area contributed by atoms with Gasteiger partial charge in [-0.1, -0.05) is 16.8 Å². The molecule has 7 nitrogen and oxygen atoms in total. The minimum Gasteiger partial charge on any atom is -0.497 e. The lowest BCUT2D eigenvalue weighted by molar-refractivity contribution is -0.384. The monoisotopic (exact) mass is 331 g/mol. The molecule has 1 heterocycles. The first kappa shape index (κ1) is 15.0. The van der Waals surface area contributed by atoms with E-state index in [1.54, 1.807) is 31.4 Å². The summed E-state index contributed by atoms with van der Waals surface area (Å²) < 4.78 is 10.2. The molecule has 3 aromatic rings. The summed E-state index contributed by atoms with van der Waals surface area (Å²) in [6.07, 6.45) is 0. The molecule has 0 aliphatic rings. The van der Waals surface area contributed by atoms with Gasteiger partial charge in [-0.25, -0.2) is 0 Å². The third-order valence-corrected chi connectivity index (χ3v) is 3.40. The van der Waals surface area contributed by atoms with Crippen LogP contribution in [0.3, 0.4) is 0 Å². The molecule has 1 aromatic heterocycles. The third kappa shape index (κ3) is 3.00. The highest BCUT2D eigenvalue weighted by Crippen LogP contribution is 2.32. The molecule has 0 N–H and O–H groups in total. The van der Waals surface area contributed by atoms with E-state index in [0.29, 0.717) is 17.1 Å². The molecule has 0 bridgehead atoms. The smallest absolute Gasteiger partial charge is 0.283 e. The van der Waals surface area contributed by atoms with Gasteiger partial charge >= 0.3 is 0 Å². The third-order valence-electron chi connectivity index (χ3n) is 3.16. The summed E-state index contributed by atoms with van der Waals surface area (Å²) in [5, 5.41) is 15.3. The number of nitro groups is 1. The van der Waals surface area contributed by atoms with Gasteiger partial charge in [0.1, 0.15) is 11.3 Å². The molecule has 116 valence electrons. The number of methoxy groups -OCH3 is 1. The first-order chi connectivity index (χ1) is 11.1. The van der Waals surface area contributed by atoms with Crippen LogP contribution in [0.1, 0.15) is 0 Å². The number of hydrogen-bond acceptors (Lipinski definition) is 6. The van der Waals surface area contributed by atoms with Gasteiger partial charge in [-0.2, -0.15) is 4.98 Å². The van der Waals surface area contributed by atoms with Crippen molar-refractivity contribution in [2.24, 2.45) is 0 Å². The van der Waals surface area contributed by atoms with Gasteiger partial charge in [0.05, 0.1) is 12.0 Å². The van der Waals surface area contributed by atoms with Crippen molar-refractivity contribution in [3.05, 3.63) is 57.6 Å². The van der Waals surface area contributed by atoms with Crippen molar-refractivity contribution in [3.63, 3.8) is 0 Å². The molecular formula is C15H10ClN3O4. The molecule has 0 aliphatic carbocycles. The second-order valence-corrected chi connectivity index (χ2v) is 5.01. The average Bonchev–Trinajstić information content (AvgIpc) is 3.04. The highest BCUT2D eigenvalue weighted by atomic mass is 35.5. The number of nitro benzene ring substituents is 1. The van der Waals surface area contributed by atoms with Crippen LogP contribution in [-0.4, -0.2) is 22.2 Å². The zero-order chi connectivity index (χ0) is 16.4. The molecule has 0 saturated carbocycles. The lowest BCUT2D eigenvalue weighted by atomic mass is 10.1. The van der Waals surface area contributed by atoms with E-state index in [1.807, 2.05) is 0 Å². The van der Waals surface area contributed by atoms with Gasteiger partial charge in [0.25, 0.3) is 11.6 Å². The number of benzene rings is 2. The van der Waals surface area contributed by atoms with E-state index in [4.69, 9.17) is 20.9 Å². The number of nitrogens with zero attached hydrogens (tertiary/aromatic N) is 3. The molecule has 0 unspecified atom stereocenters. The highest BCUT2D eigenvalue weighted by Gasteiger charge is 2.21. The molecule has 23 heavy (non-hydrogen) atoms. The molecule has 8 heteroatoms. The van der Waals surface area contributed by atoms with Crippen LogP contribution in [0.15, 0.2) is 47.0 Å². The van der Waals surface area contributed by atoms with Crippen LogP contribution >= 0.6 is 11.6 Å². The minimum absolute atomic E-state index is 0.0548. The second-order valence-electron chi connectivity index (χ2n) is 4.57. The lowest BCUT2D eigenvalue weighted by Gasteiger charge is -1.99. The zero-order valence-electron chi connectivity index (χ0n) is 11.9. The standard InChI is InChI=1S/C15H10ClN3O4/c1-22-11-5-2-9(3-6-11)14-17-15(23-18-14)12-7-4-10(16)8-13(12)19(20)21/h2-8H,1H3. The topological polar surface area (TPSA) is 91.3 Å². The lowest BCUT2D eigenvalue weighted by Crippen LogP contribution is -1.92. The molecule has 0 saturated heterocycles. The first-order valence-electron chi connectivity index (χ1n) is 6.51. The summed E-state index contributed by atoms with van der Waals surface area (Å²) in [5.41, 5.74) is 0.728. The van der Waals surface area contributed by atoms with Gasteiger partial charge in [0.15, 0.2) is 0 Å². The molecule has 0 fully saturated rings. The predicted molar refractivity (Wildman–Crippen MR) is 83.4 cm³/mol. The number of aromatic nitrogens is 2. The Bertz CT molecular complexity index is 861. The molecule has 3 rings (SSSR count). The van der Waals surface area contributed by atoms with Crippen molar-refractivity contribution in [3.8, 4) is 28.6 Å². The molecule has 0 spiro atoms. The Labute approximate surface area is 135 Å². The number of hydrogen-bond donors (Lipinski definition) is 0. The van der Waals surface area contributed by atoms with Gasteiger partial charge in [-0.3, -0.25) is 10.1 Å². The fraction of sp³-hybridized carbons (Fsp3) is 0.0667. The van der Waals surface area contributed by atoms with E-state index in [0.717, 1.165) is 0 Å². The summed E-state index contributed by atoms with van der Waals surface area (Å²) in [6.45, 7) is 0. The summed E-state index contributed by atoms with van der Waals surface area (Å²) in [5.74, 6) is 1.08. The van der Waals surface area contributed by atoms with E-state index < -0.39 is 4.92 Å². The van der Waals surface area contributed by atoms with E-state index in [-0.39, 0.29) is 22.2 Å². The van der Waals surface area contributed by atoms with Crippen LogP contribution in [0.2, 0.25) is 5.02 Å². The van der Waals surface area contributed by atoms with Crippen LogP contribution < -0.4 is 4.74 Å². The normalized spacial score (nSPS) is 10.5. The Kier molecular flexibility index (Phi) is 3.94. The van der Waals surface area contributed by atoms with Crippen molar-refractivity contribution in [2.75, 3.05) is 7.11 Å². The maximum absolute atomic E-state index is 11.1. The number of rotatable bonds is 4. The van der Waals surface area contributed by atoms with Gasteiger partial charge in [-0.05, 0) is 36.4 Å². The van der Waals surface area contributed by atoms with E-state index in [9.17, 15) is 10.1 Å². The van der Waals surface area contributed by atoms with Gasteiger partial charge in [0.2, 0.25) is 5.82 Å². The molecular weight excluding hydrogens is 322 g/mol. The molecule has 0 atom stereocenters. The first-order valence-corrected chi connectivity index (χ1v) is 6.88. The molecule has 0 aliphatic heterocycles. The predicted octanol–water partition coefficient (Wildman–Crippen LogP) is 3.97. The molecule has 0 amide bonds. The van der Waals surface area contributed by atoms with E-state index >= 15 is 0 Å². The Morgan fingerprint density at radius 2 is 1.96 bits per heavy atom. The quantitative estimate of drug-likeness (QED) is 0.530. The molecule has 0 radical (unpaired) electrons. The maximum Gasteiger partial charge on any atom is 0.283 e. The Balaban J connectivity index is 2.00.